The Kier molecular flexibility index (Phi) is 6.02. The predicted octanol–water partition coefficient (Wildman–Crippen LogP) is 3.65. The Hall–Kier alpha value is -1.88. The average molecular weight is 283 g/mol. The number of alkyl halides is 1. The zero-order valence-corrected chi connectivity index (χ0v) is 11.5. The smallest absolute Gasteiger partial charge is 0.362 e. The van der Waals surface area contributed by atoms with Gasteiger partial charge in [-0.3, -0.25) is 0 Å². The summed E-state index contributed by atoms with van der Waals surface area (Å²) in [5, 5.41) is 17.2. The second-order valence-electron chi connectivity index (χ2n) is 3.64. The third-order valence-electron chi connectivity index (χ3n) is 2.24. The van der Waals surface area contributed by atoms with Gasteiger partial charge in [0.05, 0.1) is 18.2 Å². The van der Waals surface area contributed by atoms with E-state index >= 15 is 0 Å². The molecule has 0 spiro atoms. The normalized spacial score (nSPS) is 12.4. The van der Waals surface area contributed by atoms with Crippen LogP contribution in [-0.2, 0) is 9.53 Å². The number of azo groups is 1. The molecule has 0 aliphatic rings. The number of esters is 1. The Morgan fingerprint density at radius 1 is 1.42 bits per heavy atom. The number of carbonyl (C=O) groups excluding carboxylic acids is 1. The summed E-state index contributed by atoms with van der Waals surface area (Å²) in [6.45, 7) is 3.70. The van der Waals surface area contributed by atoms with Gasteiger partial charge in [0, 0.05) is 0 Å². The van der Waals surface area contributed by atoms with Crippen LogP contribution in [0.25, 0.3) is 0 Å². The fourth-order valence-corrected chi connectivity index (χ4v) is 1.39. The molecule has 0 aromatic heterocycles. The second-order valence-corrected chi connectivity index (χ2v) is 3.90. The third kappa shape index (κ3) is 4.37. The molecule has 102 valence electrons. The molecule has 0 bridgehead atoms. The molecule has 0 amide bonds. The summed E-state index contributed by atoms with van der Waals surface area (Å²) in [6, 6.07) is 7.28. The van der Waals surface area contributed by atoms with E-state index < -0.39 is 5.97 Å². The molecule has 1 aromatic carbocycles. The van der Waals surface area contributed by atoms with E-state index in [-0.39, 0.29) is 23.9 Å². The third-order valence-corrected chi connectivity index (χ3v) is 2.50. The highest BCUT2D eigenvalue weighted by Crippen LogP contribution is 2.19. The zero-order chi connectivity index (χ0) is 14.3. The molecular formula is C13H15ClN2O3. The van der Waals surface area contributed by atoms with E-state index in [4.69, 9.17) is 16.3 Å². The lowest BCUT2D eigenvalue weighted by atomic mass is 10.2. The molecule has 0 atom stereocenters. The van der Waals surface area contributed by atoms with E-state index in [1.54, 1.807) is 19.1 Å². The molecule has 19 heavy (non-hydrogen) atoms. The molecule has 0 saturated heterocycles. The lowest BCUT2D eigenvalue weighted by Crippen LogP contribution is -2.09. The van der Waals surface area contributed by atoms with Gasteiger partial charge in [-0.25, -0.2) is 4.79 Å². The van der Waals surface area contributed by atoms with Crippen molar-refractivity contribution >= 4 is 23.3 Å². The number of nitrogens with zero attached hydrogens (tertiary/aromatic N) is 2. The summed E-state index contributed by atoms with van der Waals surface area (Å²) in [6.07, 6.45) is 0. The van der Waals surface area contributed by atoms with Crippen molar-refractivity contribution in [2.24, 2.45) is 10.2 Å². The highest BCUT2D eigenvalue weighted by atomic mass is 35.5. The number of aliphatic hydroxyl groups is 1. The minimum Gasteiger partial charge on any atom is -0.508 e. The van der Waals surface area contributed by atoms with E-state index in [1.807, 2.05) is 19.1 Å². The molecule has 1 rings (SSSR count). The van der Waals surface area contributed by atoms with Crippen molar-refractivity contribution < 1.29 is 14.6 Å². The number of benzene rings is 1. The predicted molar refractivity (Wildman–Crippen MR) is 72.7 cm³/mol. The molecule has 0 heterocycles. The molecule has 0 radical (unpaired) electrons. The van der Waals surface area contributed by atoms with E-state index in [0.717, 1.165) is 5.56 Å². The van der Waals surface area contributed by atoms with Gasteiger partial charge in [0.1, 0.15) is 5.76 Å². The number of allylic oxidation sites excluding steroid dienone is 1. The number of ether oxygens (including phenoxy) is 1. The molecule has 1 N–H and O–H groups in total. The van der Waals surface area contributed by atoms with Crippen molar-refractivity contribution in [3.8, 4) is 0 Å². The Morgan fingerprint density at radius 3 is 2.68 bits per heavy atom. The van der Waals surface area contributed by atoms with Crippen LogP contribution in [0.1, 0.15) is 12.5 Å². The van der Waals surface area contributed by atoms with Crippen molar-refractivity contribution in [2.75, 3.05) is 12.5 Å². The number of rotatable bonds is 5. The van der Waals surface area contributed by atoms with Crippen LogP contribution in [0.15, 0.2) is 46.0 Å². The van der Waals surface area contributed by atoms with Gasteiger partial charge in [-0.05, 0) is 25.5 Å². The SMILES string of the molecule is CCOC(=O)/C(N=Nc1ccccc1C)=C(\O)CCl. The summed E-state index contributed by atoms with van der Waals surface area (Å²) in [5.74, 6) is -1.35. The standard InChI is InChI=1S/C13H15ClN2O3/c1-3-19-13(18)12(11(17)8-14)16-15-10-7-5-4-6-9(10)2/h4-7,17H,3,8H2,1-2H3/b12-11+,16-15?. The fraction of sp³-hybridized carbons (Fsp3) is 0.308. The number of carbonyl (C=O) groups is 1. The molecular weight excluding hydrogens is 268 g/mol. The van der Waals surface area contributed by atoms with Crippen LogP contribution in [-0.4, -0.2) is 23.6 Å². The lowest BCUT2D eigenvalue weighted by molar-refractivity contribution is -0.138. The van der Waals surface area contributed by atoms with Crippen LogP contribution in [0.2, 0.25) is 0 Å². The minimum atomic E-state index is -0.752. The van der Waals surface area contributed by atoms with E-state index in [9.17, 15) is 9.90 Å². The van der Waals surface area contributed by atoms with Crippen LogP contribution in [0, 0.1) is 6.92 Å². The van der Waals surface area contributed by atoms with Crippen LogP contribution in [0.5, 0.6) is 0 Å². The van der Waals surface area contributed by atoms with Gasteiger partial charge in [-0.2, -0.15) is 0 Å². The van der Waals surface area contributed by atoms with Crippen molar-refractivity contribution in [2.45, 2.75) is 13.8 Å². The zero-order valence-electron chi connectivity index (χ0n) is 10.8. The molecule has 0 unspecified atom stereocenters. The van der Waals surface area contributed by atoms with Gasteiger partial charge in [0.25, 0.3) is 0 Å². The first-order chi connectivity index (χ1) is 9.10. The van der Waals surface area contributed by atoms with Crippen molar-refractivity contribution in [1.29, 1.82) is 0 Å². The van der Waals surface area contributed by atoms with Gasteiger partial charge < -0.3 is 9.84 Å². The van der Waals surface area contributed by atoms with Gasteiger partial charge in [0.15, 0.2) is 0 Å². The molecule has 0 aliphatic carbocycles. The molecule has 0 fully saturated rings. The van der Waals surface area contributed by atoms with Gasteiger partial charge in [-0.1, -0.05) is 18.2 Å². The van der Waals surface area contributed by atoms with Gasteiger partial charge >= 0.3 is 5.97 Å². The Morgan fingerprint density at radius 2 is 2.11 bits per heavy atom. The monoisotopic (exact) mass is 282 g/mol. The fourth-order valence-electron chi connectivity index (χ4n) is 1.26. The second kappa shape index (κ2) is 7.53. The summed E-state index contributed by atoms with van der Waals surface area (Å²) in [4.78, 5) is 11.6. The van der Waals surface area contributed by atoms with Gasteiger partial charge in [0.2, 0.25) is 5.70 Å². The van der Waals surface area contributed by atoms with Crippen molar-refractivity contribution in [3.63, 3.8) is 0 Å². The first-order valence-corrected chi connectivity index (χ1v) is 6.26. The minimum absolute atomic E-state index is 0.178. The number of hydrogen-bond acceptors (Lipinski definition) is 5. The quantitative estimate of drug-likeness (QED) is 0.295. The van der Waals surface area contributed by atoms with E-state index in [1.165, 1.54) is 0 Å². The Balaban J connectivity index is 3.03. The summed E-state index contributed by atoms with van der Waals surface area (Å²) in [5.41, 5.74) is 1.23. The number of aryl methyl sites for hydroxylation is 1. The highest BCUT2D eigenvalue weighted by molar-refractivity contribution is 6.19. The van der Waals surface area contributed by atoms with Crippen LogP contribution < -0.4 is 0 Å². The summed E-state index contributed by atoms with van der Waals surface area (Å²) >= 11 is 5.49. The Bertz CT molecular complexity index is 512. The Labute approximate surface area is 116 Å². The topological polar surface area (TPSA) is 71.2 Å². The maximum atomic E-state index is 11.6. The van der Waals surface area contributed by atoms with Crippen LogP contribution >= 0.6 is 11.6 Å². The van der Waals surface area contributed by atoms with Crippen molar-refractivity contribution in [3.05, 3.63) is 41.3 Å². The lowest BCUT2D eigenvalue weighted by Gasteiger charge is -2.03. The first-order valence-electron chi connectivity index (χ1n) is 5.72. The molecule has 0 aliphatic heterocycles. The number of aliphatic hydroxyl groups excluding tert-OH is 1. The summed E-state index contributed by atoms with van der Waals surface area (Å²) < 4.78 is 4.78. The van der Waals surface area contributed by atoms with E-state index in [2.05, 4.69) is 10.2 Å². The van der Waals surface area contributed by atoms with Crippen molar-refractivity contribution in [1.82, 2.24) is 0 Å². The van der Waals surface area contributed by atoms with Crippen LogP contribution in [0.4, 0.5) is 5.69 Å². The first kappa shape index (κ1) is 15.2. The average Bonchev–Trinajstić information content (AvgIpc) is 2.41. The molecule has 1 aromatic rings. The number of hydrogen-bond donors (Lipinski definition) is 1. The molecule has 5 nitrogen and oxygen atoms in total. The highest BCUT2D eigenvalue weighted by Gasteiger charge is 2.16. The molecule has 6 heteroatoms. The largest absolute Gasteiger partial charge is 0.508 e. The molecule has 0 saturated carbocycles. The maximum absolute atomic E-state index is 11.6. The number of halogens is 1. The van der Waals surface area contributed by atoms with Crippen LogP contribution in [0.3, 0.4) is 0 Å². The van der Waals surface area contributed by atoms with E-state index in [0.29, 0.717) is 5.69 Å². The summed E-state index contributed by atoms with van der Waals surface area (Å²) in [7, 11) is 0. The maximum Gasteiger partial charge on any atom is 0.362 e. The van der Waals surface area contributed by atoms with Gasteiger partial charge in [-0.15, -0.1) is 21.8 Å².